The number of hydroxylamine groups is 1. The lowest BCUT2D eigenvalue weighted by Gasteiger charge is -2.36. The molecule has 2 fully saturated rings. The van der Waals surface area contributed by atoms with Crippen molar-refractivity contribution < 1.29 is 33.9 Å². The predicted octanol–water partition coefficient (Wildman–Crippen LogP) is 3.55. The number of piperidine rings is 1. The predicted molar refractivity (Wildman–Crippen MR) is 159 cm³/mol. The van der Waals surface area contributed by atoms with E-state index in [1.165, 1.54) is 4.90 Å². The quantitative estimate of drug-likeness (QED) is 0.163. The van der Waals surface area contributed by atoms with Crippen molar-refractivity contribution in [2.24, 2.45) is 17.8 Å². The third-order valence-electron chi connectivity index (χ3n) is 8.28. The molecule has 2 aromatic carbocycles. The van der Waals surface area contributed by atoms with Gasteiger partial charge in [0.15, 0.2) is 0 Å². The zero-order valence-corrected chi connectivity index (χ0v) is 25.2. The van der Waals surface area contributed by atoms with Crippen molar-refractivity contribution in [2.75, 3.05) is 13.1 Å². The van der Waals surface area contributed by atoms with Crippen molar-refractivity contribution in [3.05, 3.63) is 71.8 Å². The van der Waals surface area contributed by atoms with Gasteiger partial charge in [-0.05, 0) is 55.6 Å². The van der Waals surface area contributed by atoms with Gasteiger partial charge in [-0.25, -0.2) is 15.1 Å². The van der Waals surface area contributed by atoms with Crippen LogP contribution in [0, 0.1) is 17.8 Å². The number of carbonyl (C=O) groups excluding carboxylic acids is 5. The van der Waals surface area contributed by atoms with Crippen molar-refractivity contribution >= 4 is 29.8 Å². The molecule has 0 bridgehead atoms. The molecule has 2 heterocycles. The molecule has 4 rings (SSSR count). The summed E-state index contributed by atoms with van der Waals surface area (Å²) in [4.78, 5) is 66.9. The Morgan fingerprint density at radius 2 is 1.55 bits per heavy atom. The molecule has 2 saturated heterocycles. The fraction of sp³-hybridized carbons (Fsp3) is 0.469. The summed E-state index contributed by atoms with van der Waals surface area (Å²) in [7, 11) is 0. The van der Waals surface area contributed by atoms with Gasteiger partial charge in [-0.2, -0.15) is 5.01 Å². The smallest absolute Gasteiger partial charge is 0.410 e. The maximum absolute atomic E-state index is 13.6. The van der Waals surface area contributed by atoms with E-state index in [1.54, 1.807) is 5.48 Å². The fourth-order valence-corrected chi connectivity index (χ4v) is 5.87. The van der Waals surface area contributed by atoms with Crippen LogP contribution in [0.4, 0.5) is 9.59 Å². The first-order valence-electron chi connectivity index (χ1n) is 15.0. The number of carbonyl (C=O) groups is 5. The number of nitrogens with one attached hydrogen (secondary N) is 3. The first-order chi connectivity index (χ1) is 21.1. The highest BCUT2D eigenvalue weighted by Gasteiger charge is 2.54. The van der Waals surface area contributed by atoms with Crippen LogP contribution in [0.3, 0.4) is 0 Å². The van der Waals surface area contributed by atoms with Crippen LogP contribution < -0.4 is 16.2 Å². The highest BCUT2D eigenvalue weighted by molar-refractivity contribution is 6.08. The molecule has 6 amide bonds. The number of likely N-dealkylation sites (tertiary alicyclic amines) is 1. The van der Waals surface area contributed by atoms with Crippen LogP contribution in [0.5, 0.6) is 0 Å². The zero-order valence-electron chi connectivity index (χ0n) is 25.2. The number of benzene rings is 2. The molecule has 2 aliphatic rings. The van der Waals surface area contributed by atoms with Crippen LogP contribution >= 0.6 is 0 Å². The third-order valence-corrected chi connectivity index (χ3v) is 8.28. The zero-order chi connectivity index (χ0) is 31.7. The molecule has 2 atom stereocenters. The third kappa shape index (κ3) is 7.93. The Kier molecular flexibility index (Phi) is 10.9. The molecule has 0 unspecified atom stereocenters. The Balaban J connectivity index is 1.38. The second-order valence-corrected chi connectivity index (χ2v) is 11.9. The van der Waals surface area contributed by atoms with E-state index in [-0.39, 0.29) is 38.5 Å². The van der Waals surface area contributed by atoms with Crippen LogP contribution in [0.25, 0.3) is 0 Å². The van der Waals surface area contributed by atoms with Gasteiger partial charge in [0.25, 0.3) is 5.91 Å². The van der Waals surface area contributed by atoms with E-state index in [4.69, 9.17) is 4.74 Å². The summed E-state index contributed by atoms with van der Waals surface area (Å²) >= 11 is 0. The van der Waals surface area contributed by atoms with Crippen LogP contribution in [-0.2, 0) is 32.1 Å². The summed E-state index contributed by atoms with van der Waals surface area (Å²) < 4.78 is 5.40. The topological polar surface area (TPSA) is 157 Å². The highest BCUT2D eigenvalue weighted by Crippen LogP contribution is 2.31. The first-order valence-corrected chi connectivity index (χ1v) is 15.0. The van der Waals surface area contributed by atoms with E-state index in [9.17, 15) is 29.2 Å². The molecule has 44 heavy (non-hydrogen) atoms. The van der Waals surface area contributed by atoms with E-state index in [0.29, 0.717) is 30.7 Å². The molecular formula is C32H41N5O7. The second kappa shape index (κ2) is 14.8. The normalized spacial score (nSPS) is 17.3. The molecule has 2 aliphatic heterocycles. The summed E-state index contributed by atoms with van der Waals surface area (Å²) in [5, 5.41) is 12.9. The van der Waals surface area contributed by atoms with E-state index < -0.39 is 47.2 Å². The lowest BCUT2D eigenvalue weighted by molar-refractivity contribution is -0.146. The molecular weight excluding hydrogens is 566 g/mol. The van der Waals surface area contributed by atoms with E-state index in [0.717, 1.165) is 11.1 Å². The summed E-state index contributed by atoms with van der Waals surface area (Å²) in [5.74, 6) is -3.76. The molecule has 2 aromatic rings. The van der Waals surface area contributed by atoms with E-state index in [1.807, 2.05) is 74.5 Å². The molecule has 12 heteroatoms. The summed E-state index contributed by atoms with van der Waals surface area (Å²) in [6, 6.07) is 18.2. The molecule has 0 radical (unpaired) electrons. The Morgan fingerprint density at radius 1 is 0.932 bits per heavy atom. The van der Waals surface area contributed by atoms with Gasteiger partial charge in [-0.1, -0.05) is 74.5 Å². The standard InChI is InChI=1S/C32H41N5O7/c1-22(2)20-26(25(28(39)35-43)15-9-14-23-10-5-3-6-11-23)27(38)34-37-29(40)32(33-30(37)41)16-18-36(19-17-32)31(42)44-21-24-12-7-4-8-13-24/h3-8,10-13,22,25-26,43H,9,14-21H2,1-2H3,(H,33,41)(H,34,38)(H,35,39)/t25-,26+/m0/s1. The van der Waals surface area contributed by atoms with E-state index >= 15 is 0 Å². The summed E-state index contributed by atoms with van der Waals surface area (Å²) in [6.45, 7) is 4.28. The Labute approximate surface area is 257 Å². The molecule has 4 N–H and O–H groups in total. The number of urea groups is 1. The number of amides is 6. The number of ether oxygens (including phenoxy) is 1. The molecule has 0 aliphatic carbocycles. The highest BCUT2D eigenvalue weighted by atomic mass is 16.6. The van der Waals surface area contributed by atoms with Crippen LogP contribution in [-0.4, -0.2) is 63.6 Å². The Hall–Kier alpha value is -4.45. The lowest BCUT2D eigenvalue weighted by atomic mass is 9.81. The average molecular weight is 608 g/mol. The summed E-state index contributed by atoms with van der Waals surface area (Å²) in [6.07, 6.45) is 1.65. The van der Waals surface area contributed by atoms with Gasteiger partial charge in [-0.15, -0.1) is 0 Å². The minimum absolute atomic E-state index is 0.00860. The number of hydrazine groups is 1. The van der Waals surface area contributed by atoms with Gasteiger partial charge in [0, 0.05) is 13.1 Å². The SMILES string of the molecule is CC(C)C[C@@H](C(=O)NN1C(=O)NC2(CCN(C(=O)OCc3ccccc3)CC2)C1=O)[C@H](CCCc1ccccc1)C(=O)NO. The lowest BCUT2D eigenvalue weighted by Crippen LogP contribution is -2.57. The fourth-order valence-electron chi connectivity index (χ4n) is 5.87. The van der Waals surface area contributed by atoms with Gasteiger partial charge in [-0.3, -0.25) is 25.0 Å². The molecule has 0 saturated carbocycles. The first kappa shape index (κ1) is 32.5. The van der Waals surface area contributed by atoms with Crippen molar-refractivity contribution in [3.8, 4) is 0 Å². The van der Waals surface area contributed by atoms with Gasteiger partial charge < -0.3 is 15.0 Å². The molecule has 0 aromatic heterocycles. The average Bonchev–Trinajstić information content (AvgIpc) is 3.25. The molecule has 12 nitrogen and oxygen atoms in total. The molecule has 236 valence electrons. The van der Waals surface area contributed by atoms with Crippen molar-refractivity contribution in [1.29, 1.82) is 0 Å². The number of rotatable bonds is 12. The maximum atomic E-state index is 13.6. The van der Waals surface area contributed by atoms with Crippen LogP contribution in [0.1, 0.15) is 57.1 Å². The van der Waals surface area contributed by atoms with Crippen LogP contribution in [0.2, 0.25) is 0 Å². The van der Waals surface area contributed by atoms with Gasteiger partial charge in [0.05, 0.1) is 11.8 Å². The number of hydrogen-bond donors (Lipinski definition) is 4. The summed E-state index contributed by atoms with van der Waals surface area (Å²) in [5.41, 5.74) is 4.82. The maximum Gasteiger partial charge on any atom is 0.410 e. The minimum Gasteiger partial charge on any atom is -0.445 e. The van der Waals surface area contributed by atoms with E-state index in [2.05, 4.69) is 10.7 Å². The monoisotopic (exact) mass is 607 g/mol. The largest absolute Gasteiger partial charge is 0.445 e. The Bertz CT molecular complexity index is 1310. The number of imide groups is 1. The van der Waals surface area contributed by atoms with Crippen molar-refractivity contribution in [1.82, 2.24) is 26.1 Å². The van der Waals surface area contributed by atoms with Crippen LogP contribution in [0.15, 0.2) is 60.7 Å². The van der Waals surface area contributed by atoms with Gasteiger partial charge in [0.1, 0.15) is 12.1 Å². The second-order valence-electron chi connectivity index (χ2n) is 11.9. The Morgan fingerprint density at radius 3 is 2.14 bits per heavy atom. The molecule has 1 spiro atoms. The van der Waals surface area contributed by atoms with Gasteiger partial charge >= 0.3 is 12.1 Å². The number of hydrogen-bond acceptors (Lipinski definition) is 7. The van der Waals surface area contributed by atoms with Crippen molar-refractivity contribution in [3.63, 3.8) is 0 Å². The van der Waals surface area contributed by atoms with Gasteiger partial charge in [0.2, 0.25) is 11.8 Å². The number of nitrogens with zero attached hydrogens (tertiary/aromatic N) is 2. The number of aryl methyl sites for hydroxylation is 1. The minimum atomic E-state index is -1.27. The van der Waals surface area contributed by atoms with Crippen molar-refractivity contribution in [2.45, 2.75) is 64.5 Å².